The predicted octanol–water partition coefficient (Wildman–Crippen LogP) is 3.05. The van der Waals surface area contributed by atoms with Gasteiger partial charge in [-0.3, -0.25) is 4.79 Å². The van der Waals surface area contributed by atoms with Crippen LogP contribution in [0.3, 0.4) is 0 Å². The zero-order valence-corrected chi connectivity index (χ0v) is 17.0. The lowest BCUT2D eigenvalue weighted by Crippen LogP contribution is -2.43. The van der Waals surface area contributed by atoms with Crippen molar-refractivity contribution in [3.05, 3.63) is 58.7 Å². The summed E-state index contributed by atoms with van der Waals surface area (Å²) in [5.74, 6) is -1.58. The van der Waals surface area contributed by atoms with Crippen molar-refractivity contribution in [1.82, 2.24) is 4.98 Å². The molecule has 7 nitrogen and oxygen atoms in total. The predicted molar refractivity (Wildman–Crippen MR) is 107 cm³/mol. The maximum atomic E-state index is 14.7. The number of fused-ring (bicyclic) bond motifs is 1. The molecule has 0 radical (unpaired) electrons. The number of pyridine rings is 1. The third-order valence-electron chi connectivity index (χ3n) is 5.64. The molecule has 10 heteroatoms. The van der Waals surface area contributed by atoms with Crippen molar-refractivity contribution in [3.63, 3.8) is 0 Å². The second kappa shape index (κ2) is 8.15. The molecule has 1 aliphatic carbocycles. The standard InChI is InChI=1S/C22H19F3N4O3/c1-11-6-13(31-5-4-26)10-28-19(11)17(30)8-12-2-3-16(23)14(7-12)22(20(24)25)15-9-18(15)32-21(27)29-22/h2-3,6-7,10,15,18,20H,5,8-9H2,1H3,(H2,27,29)/t15-,18+,22+/m0/s1. The molecule has 0 saturated heterocycles. The summed E-state index contributed by atoms with van der Waals surface area (Å²) < 4.78 is 53.6. The number of rotatable bonds is 7. The van der Waals surface area contributed by atoms with Crippen LogP contribution in [-0.2, 0) is 16.7 Å². The van der Waals surface area contributed by atoms with E-state index in [0.29, 0.717) is 23.3 Å². The van der Waals surface area contributed by atoms with E-state index in [9.17, 15) is 18.0 Å². The van der Waals surface area contributed by atoms with E-state index in [2.05, 4.69) is 9.98 Å². The minimum absolute atomic E-state index is 0.154. The molecule has 0 spiro atoms. The minimum Gasteiger partial charge on any atom is -0.477 e. The largest absolute Gasteiger partial charge is 0.477 e. The van der Waals surface area contributed by atoms with Crippen LogP contribution in [0.5, 0.6) is 5.75 Å². The van der Waals surface area contributed by atoms with Crippen LogP contribution in [0.25, 0.3) is 0 Å². The molecule has 2 aromatic rings. The van der Waals surface area contributed by atoms with E-state index in [1.165, 1.54) is 18.3 Å². The Labute approximate surface area is 181 Å². The van der Waals surface area contributed by atoms with Crippen molar-refractivity contribution in [2.45, 2.75) is 37.8 Å². The Morgan fingerprint density at radius 3 is 2.91 bits per heavy atom. The highest BCUT2D eigenvalue weighted by atomic mass is 19.3. The van der Waals surface area contributed by atoms with Gasteiger partial charge < -0.3 is 15.2 Å². The zero-order valence-electron chi connectivity index (χ0n) is 17.0. The zero-order chi connectivity index (χ0) is 23.0. The summed E-state index contributed by atoms with van der Waals surface area (Å²) in [5, 5.41) is 8.58. The SMILES string of the molecule is Cc1cc(OCC#N)cnc1C(=O)Cc1ccc(F)c([C@@]2(C(F)F)N=C(N)O[C@@H]3C[C@@H]32)c1. The van der Waals surface area contributed by atoms with Crippen LogP contribution in [0.4, 0.5) is 13.2 Å². The van der Waals surface area contributed by atoms with Crippen LogP contribution < -0.4 is 10.5 Å². The third-order valence-corrected chi connectivity index (χ3v) is 5.64. The molecule has 4 rings (SSSR count). The number of alkyl halides is 2. The molecule has 1 aromatic carbocycles. The molecule has 1 aliphatic heterocycles. The number of amidine groups is 1. The van der Waals surface area contributed by atoms with E-state index in [4.69, 9.17) is 20.5 Å². The molecule has 2 heterocycles. The van der Waals surface area contributed by atoms with Crippen LogP contribution in [0.15, 0.2) is 35.5 Å². The summed E-state index contributed by atoms with van der Waals surface area (Å²) in [7, 11) is 0. The Morgan fingerprint density at radius 2 is 2.22 bits per heavy atom. The maximum absolute atomic E-state index is 14.7. The number of aliphatic imine (C=N–C) groups is 1. The molecule has 2 aliphatic rings. The first-order valence-corrected chi connectivity index (χ1v) is 9.85. The molecular formula is C22H19F3N4O3. The number of nitrogens with zero attached hydrogens (tertiary/aromatic N) is 3. The van der Waals surface area contributed by atoms with Gasteiger partial charge in [0.1, 0.15) is 29.4 Å². The van der Waals surface area contributed by atoms with Gasteiger partial charge >= 0.3 is 0 Å². The van der Waals surface area contributed by atoms with Crippen LogP contribution in [0.1, 0.15) is 33.6 Å². The molecule has 0 bridgehead atoms. The average Bonchev–Trinajstić information content (AvgIpc) is 3.52. The number of ether oxygens (including phenoxy) is 2. The van der Waals surface area contributed by atoms with Crippen molar-refractivity contribution >= 4 is 11.8 Å². The van der Waals surface area contributed by atoms with Crippen LogP contribution in [-0.4, -0.2) is 35.9 Å². The molecule has 2 N–H and O–H groups in total. The number of aryl methyl sites for hydroxylation is 1. The Morgan fingerprint density at radius 1 is 1.44 bits per heavy atom. The summed E-state index contributed by atoms with van der Waals surface area (Å²) in [6.45, 7) is 1.51. The van der Waals surface area contributed by atoms with Crippen LogP contribution >= 0.6 is 0 Å². The van der Waals surface area contributed by atoms with Crippen LogP contribution in [0.2, 0.25) is 0 Å². The number of benzene rings is 1. The average molecular weight is 444 g/mol. The summed E-state index contributed by atoms with van der Waals surface area (Å²) >= 11 is 0. The number of ketones is 1. The molecule has 1 fully saturated rings. The second-order valence-corrected chi connectivity index (χ2v) is 7.77. The maximum Gasteiger partial charge on any atom is 0.283 e. The van der Waals surface area contributed by atoms with Crippen molar-refractivity contribution in [1.29, 1.82) is 5.26 Å². The highest BCUT2D eigenvalue weighted by Crippen LogP contribution is 2.56. The number of aromatic nitrogens is 1. The lowest BCUT2D eigenvalue weighted by Gasteiger charge is -2.33. The molecule has 0 unspecified atom stereocenters. The molecule has 32 heavy (non-hydrogen) atoms. The van der Waals surface area contributed by atoms with Gasteiger partial charge in [0.2, 0.25) is 0 Å². The number of carbonyl (C=O) groups excluding carboxylic acids is 1. The van der Waals surface area contributed by atoms with Crippen molar-refractivity contribution in [3.8, 4) is 11.8 Å². The number of hydrogen-bond acceptors (Lipinski definition) is 7. The topological polar surface area (TPSA) is 111 Å². The lowest BCUT2D eigenvalue weighted by atomic mass is 9.83. The molecule has 0 amide bonds. The molecule has 1 aromatic heterocycles. The first-order valence-electron chi connectivity index (χ1n) is 9.85. The van der Waals surface area contributed by atoms with Gasteiger partial charge in [0.05, 0.1) is 6.20 Å². The van der Waals surface area contributed by atoms with E-state index in [0.717, 1.165) is 6.07 Å². The fourth-order valence-electron chi connectivity index (χ4n) is 4.09. The summed E-state index contributed by atoms with van der Waals surface area (Å²) in [6.07, 6.45) is -2.10. The van der Waals surface area contributed by atoms with Crippen LogP contribution in [0, 0.1) is 30.0 Å². The number of Topliss-reactive ketones (excluding diaryl/α,β-unsaturated/α-hetero) is 1. The van der Waals surface area contributed by atoms with Gasteiger partial charge in [-0.15, -0.1) is 0 Å². The monoisotopic (exact) mass is 444 g/mol. The van der Waals surface area contributed by atoms with Crippen molar-refractivity contribution in [2.24, 2.45) is 16.6 Å². The van der Waals surface area contributed by atoms with E-state index in [-0.39, 0.29) is 30.1 Å². The molecular weight excluding hydrogens is 425 g/mol. The van der Waals surface area contributed by atoms with Gasteiger partial charge in [-0.25, -0.2) is 23.1 Å². The normalized spacial score (nSPS) is 23.6. The number of carbonyl (C=O) groups is 1. The number of halogens is 3. The third kappa shape index (κ3) is 3.75. The van der Waals surface area contributed by atoms with Gasteiger partial charge in [-0.2, -0.15) is 5.26 Å². The minimum atomic E-state index is -3.01. The number of nitrogens with two attached hydrogens (primary N) is 1. The summed E-state index contributed by atoms with van der Waals surface area (Å²) in [6, 6.07) is 6.68. The summed E-state index contributed by atoms with van der Waals surface area (Å²) in [5.41, 5.74) is 4.17. The molecule has 1 saturated carbocycles. The highest BCUT2D eigenvalue weighted by molar-refractivity contribution is 5.97. The fourth-order valence-corrected chi connectivity index (χ4v) is 4.09. The number of nitriles is 1. The highest BCUT2D eigenvalue weighted by Gasteiger charge is 2.64. The smallest absolute Gasteiger partial charge is 0.283 e. The van der Waals surface area contributed by atoms with Gasteiger partial charge in [-0.05, 0) is 42.7 Å². The fraction of sp³-hybridized carbons (Fsp3) is 0.364. The quantitative estimate of drug-likeness (QED) is 0.658. The molecule has 3 atom stereocenters. The van der Waals surface area contributed by atoms with Crippen molar-refractivity contribution < 1.29 is 27.4 Å². The first-order chi connectivity index (χ1) is 15.3. The van der Waals surface area contributed by atoms with Crippen molar-refractivity contribution in [2.75, 3.05) is 6.61 Å². The Kier molecular flexibility index (Phi) is 5.50. The van der Waals surface area contributed by atoms with E-state index in [1.54, 1.807) is 13.0 Å². The van der Waals surface area contributed by atoms with E-state index >= 15 is 0 Å². The van der Waals surface area contributed by atoms with Gasteiger partial charge in [0.15, 0.2) is 17.9 Å². The lowest BCUT2D eigenvalue weighted by molar-refractivity contribution is 0.0176. The van der Waals surface area contributed by atoms with E-state index < -0.39 is 35.8 Å². The Hall–Kier alpha value is -3.61. The Bertz CT molecular complexity index is 1150. The van der Waals surface area contributed by atoms with Gasteiger partial charge in [-0.1, -0.05) is 6.07 Å². The molecule has 166 valence electrons. The first kappa shape index (κ1) is 21.6. The number of hydrogen-bond donors (Lipinski definition) is 1. The Balaban J connectivity index is 1.63. The second-order valence-electron chi connectivity index (χ2n) is 7.77. The van der Waals surface area contributed by atoms with E-state index in [1.807, 2.05) is 6.07 Å². The summed E-state index contributed by atoms with van der Waals surface area (Å²) in [4.78, 5) is 20.7. The van der Waals surface area contributed by atoms with Gasteiger partial charge in [0.25, 0.3) is 12.4 Å². The van der Waals surface area contributed by atoms with Gasteiger partial charge in [0, 0.05) is 17.9 Å².